The van der Waals surface area contributed by atoms with Crippen LogP contribution in [0.5, 0.6) is 0 Å². The molecule has 2 saturated heterocycles. The maximum Gasteiger partial charge on any atom is 0.174 e. The van der Waals surface area contributed by atoms with E-state index < -0.39 is 0 Å². The fraction of sp³-hybridized carbons (Fsp3) is 0.290. The van der Waals surface area contributed by atoms with E-state index in [0.717, 1.165) is 35.7 Å². The van der Waals surface area contributed by atoms with Gasteiger partial charge in [0.05, 0.1) is 22.4 Å². The van der Waals surface area contributed by atoms with Crippen LogP contribution in [0.1, 0.15) is 43.8 Å². The normalized spacial score (nSPS) is 23.0. The molecule has 0 unspecified atom stereocenters. The molecule has 2 aliphatic heterocycles. The van der Waals surface area contributed by atoms with E-state index in [1.54, 1.807) is 12.3 Å². The highest BCUT2D eigenvalue weighted by molar-refractivity contribution is 9.10. The molecular formula is C31H29BrClFN4OS. The number of piperidine rings is 1. The second-order valence-corrected chi connectivity index (χ2v) is 12.5. The lowest BCUT2D eigenvalue weighted by molar-refractivity contribution is 0.357. The zero-order valence-corrected chi connectivity index (χ0v) is 25.3. The van der Waals surface area contributed by atoms with Crippen LogP contribution in [0.3, 0.4) is 0 Å². The number of thiocarbonyl (C=S) groups is 1. The van der Waals surface area contributed by atoms with Crippen molar-refractivity contribution in [3.05, 3.63) is 99.7 Å². The Hall–Kier alpha value is -2.94. The summed E-state index contributed by atoms with van der Waals surface area (Å²) in [4.78, 5) is 9.06. The van der Waals surface area contributed by atoms with Crippen molar-refractivity contribution in [2.75, 3.05) is 22.9 Å². The van der Waals surface area contributed by atoms with E-state index >= 15 is 0 Å². The first-order valence-corrected chi connectivity index (χ1v) is 15.0. The minimum Gasteiger partial charge on any atom is -0.459 e. The highest BCUT2D eigenvalue weighted by Crippen LogP contribution is 2.45. The monoisotopic (exact) mass is 638 g/mol. The van der Waals surface area contributed by atoms with Crippen LogP contribution in [0.25, 0.3) is 11.3 Å². The van der Waals surface area contributed by atoms with Gasteiger partial charge < -0.3 is 19.5 Å². The molecule has 6 rings (SSSR count). The van der Waals surface area contributed by atoms with Gasteiger partial charge in [-0.2, -0.15) is 0 Å². The maximum atomic E-state index is 13.7. The van der Waals surface area contributed by atoms with Gasteiger partial charge in [0.1, 0.15) is 23.4 Å². The summed E-state index contributed by atoms with van der Waals surface area (Å²) < 4.78 is 20.8. The van der Waals surface area contributed by atoms with Gasteiger partial charge >= 0.3 is 0 Å². The minimum atomic E-state index is -0.327. The number of aromatic nitrogens is 1. The first-order chi connectivity index (χ1) is 19.3. The number of nitrogens with zero attached hydrogens (tertiary/aromatic N) is 3. The third-order valence-corrected chi connectivity index (χ3v) is 8.91. The van der Waals surface area contributed by atoms with E-state index in [1.807, 2.05) is 41.3 Å². The first kappa shape index (κ1) is 27.2. The van der Waals surface area contributed by atoms with Gasteiger partial charge in [-0.05, 0) is 107 Å². The lowest BCUT2D eigenvalue weighted by Gasteiger charge is -2.37. The van der Waals surface area contributed by atoms with E-state index in [-0.39, 0.29) is 17.9 Å². The van der Waals surface area contributed by atoms with Crippen LogP contribution < -0.4 is 15.1 Å². The van der Waals surface area contributed by atoms with Crippen LogP contribution in [0.4, 0.5) is 15.8 Å². The van der Waals surface area contributed by atoms with Crippen molar-refractivity contribution in [3.8, 4) is 11.3 Å². The maximum absolute atomic E-state index is 13.7. The fourth-order valence-electron chi connectivity index (χ4n) is 6.03. The molecule has 9 heteroatoms. The zero-order chi connectivity index (χ0) is 28.0. The first-order valence-electron chi connectivity index (χ1n) is 13.4. The van der Waals surface area contributed by atoms with Crippen molar-refractivity contribution < 1.29 is 8.81 Å². The fourth-order valence-corrected chi connectivity index (χ4v) is 7.22. The van der Waals surface area contributed by atoms with Crippen molar-refractivity contribution in [2.24, 2.45) is 11.8 Å². The van der Waals surface area contributed by atoms with Gasteiger partial charge in [0.15, 0.2) is 5.11 Å². The third kappa shape index (κ3) is 5.24. The van der Waals surface area contributed by atoms with E-state index in [4.69, 9.17) is 28.2 Å². The SMILES string of the molecule is C[C@@H]1C[C@H](C)CN(c2ccc(N3C(=S)N[C@@H](c4ccccn4)[C@H]3c3ccc(-c4ccc(F)cc4Br)o3)cc2Cl)C1. The predicted molar refractivity (Wildman–Crippen MR) is 166 cm³/mol. The Bertz CT molecular complexity index is 1540. The number of hydrogen-bond donors (Lipinski definition) is 1. The van der Waals surface area contributed by atoms with E-state index in [9.17, 15) is 4.39 Å². The molecule has 2 aliphatic rings. The molecule has 0 saturated carbocycles. The van der Waals surface area contributed by atoms with E-state index in [2.05, 4.69) is 57.1 Å². The van der Waals surface area contributed by atoms with Gasteiger partial charge in [0, 0.05) is 35.0 Å². The predicted octanol–water partition coefficient (Wildman–Crippen LogP) is 8.56. The van der Waals surface area contributed by atoms with Gasteiger partial charge in [-0.15, -0.1) is 0 Å². The van der Waals surface area contributed by atoms with Crippen LogP contribution in [0, 0.1) is 17.7 Å². The molecular weight excluding hydrogens is 611 g/mol. The molecule has 1 N–H and O–H groups in total. The van der Waals surface area contributed by atoms with Crippen LogP contribution >= 0.6 is 39.7 Å². The van der Waals surface area contributed by atoms with Crippen molar-refractivity contribution in [2.45, 2.75) is 32.4 Å². The lowest BCUT2D eigenvalue weighted by atomic mass is 9.91. The second kappa shape index (κ2) is 11.1. The van der Waals surface area contributed by atoms with Gasteiger partial charge in [-0.25, -0.2) is 4.39 Å². The van der Waals surface area contributed by atoms with Crippen molar-refractivity contribution in [1.29, 1.82) is 0 Å². The largest absolute Gasteiger partial charge is 0.459 e. The van der Waals surface area contributed by atoms with Gasteiger partial charge in [0.25, 0.3) is 0 Å². The summed E-state index contributed by atoms with van der Waals surface area (Å²) in [6.45, 7) is 6.57. The number of halogens is 3. The summed E-state index contributed by atoms with van der Waals surface area (Å²) in [6, 6.07) is 19.8. The third-order valence-electron chi connectivity index (χ3n) is 7.63. The highest BCUT2D eigenvalue weighted by atomic mass is 79.9. The second-order valence-electron chi connectivity index (χ2n) is 10.8. The Kier molecular flexibility index (Phi) is 7.59. The molecule has 206 valence electrons. The van der Waals surface area contributed by atoms with Gasteiger partial charge in [-0.1, -0.05) is 31.5 Å². The molecule has 40 heavy (non-hydrogen) atoms. The van der Waals surface area contributed by atoms with Crippen molar-refractivity contribution in [3.63, 3.8) is 0 Å². The molecule has 0 radical (unpaired) electrons. The Morgan fingerprint density at radius 2 is 1.85 bits per heavy atom. The molecule has 5 nitrogen and oxygen atoms in total. The Morgan fingerprint density at radius 1 is 1.05 bits per heavy atom. The summed E-state index contributed by atoms with van der Waals surface area (Å²) in [6.07, 6.45) is 3.01. The molecule has 0 bridgehead atoms. The van der Waals surface area contributed by atoms with Crippen LogP contribution in [0.2, 0.25) is 5.02 Å². The number of hydrogen-bond acceptors (Lipinski definition) is 4. The van der Waals surface area contributed by atoms with Crippen LogP contribution in [0.15, 0.2) is 81.8 Å². The Morgan fingerprint density at radius 3 is 2.55 bits per heavy atom. The molecule has 4 aromatic rings. The molecule has 4 atom stereocenters. The molecule has 0 aliphatic carbocycles. The molecule has 0 amide bonds. The Labute approximate surface area is 252 Å². The van der Waals surface area contributed by atoms with Crippen molar-refractivity contribution >= 4 is 56.2 Å². The number of benzene rings is 2. The topological polar surface area (TPSA) is 44.5 Å². The summed E-state index contributed by atoms with van der Waals surface area (Å²) in [5, 5.41) is 4.72. The minimum absolute atomic E-state index is 0.258. The van der Waals surface area contributed by atoms with Crippen LogP contribution in [-0.4, -0.2) is 23.2 Å². The molecule has 2 fully saturated rings. The lowest BCUT2D eigenvalue weighted by Crippen LogP contribution is -2.38. The van der Waals surface area contributed by atoms with Gasteiger partial charge in [-0.3, -0.25) is 4.98 Å². The molecule has 4 heterocycles. The summed E-state index contributed by atoms with van der Waals surface area (Å²) in [5.74, 6) is 2.25. The highest BCUT2D eigenvalue weighted by Gasteiger charge is 2.43. The van der Waals surface area contributed by atoms with Crippen molar-refractivity contribution in [1.82, 2.24) is 10.3 Å². The zero-order valence-electron chi connectivity index (χ0n) is 22.2. The number of anilines is 2. The van der Waals surface area contributed by atoms with Crippen LogP contribution in [-0.2, 0) is 0 Å². The molecule has 0 spiro atoms. The van der Waals surface area contributed by atoms with E-state index in [0.29, 0.717) is 38.0 Å². The summed E-state index contributed by atoms with van der Waals surface area (Å²) in [5.41, 5.74) is 3.52. The number of rotatable bonds is 5. The number of nitrogens with one attached hydrogen (secondary N) is 1. The summed E-state index contributed by atoms with van der Waals surface area (Å²) in [7, 11) is 0. The Balaban J connectivity index is 1.39. The molecule has 2 aromatic carbocycles. The average molecular weight is 640 g/mol. The molecule has 2 aromatic heterocycles. The number of pyridine rings is 1. The number of furan rings is 1. The quantitative estimate of drug-likeness (QED) is 0.221. The van der Waals surface area contributed by atoms with E-state index in [1.165, 1.54) is 18.6 Å². The smallest absolute Gasteiger partial charge is 0.174 e. The summed E-state index contributed by atoms with van der Waals surface area (Å²) >= 11 is 16.3. The van der Waals surface area contributed by atoms with Gasteiger partial charge in [0.2, 0.25) is 0 Å². The standard InChI is InChI=1S/C31H29BrClFN4OS/c1-18-13-19(2)17-37(16-18)26-9-7-21(15-24(26)33)38-30(29(36-31(38)40)25-5-3-4-12-35-25)28-11-10-27(39-28)22-8-6-20(34)14-23(22)32/h3-12,14-15,18-19,29-30H,13,16-17H2,1-2H3,(H,36,40)/t18-,19+,29-,30+/m0/s1. The average Bonchev–Trinajstić information content (AvgIpc) is 3.53.